The quantitative estimate of drug-likeness (QED) is 0.852. The Morgan fingerprint density at radius 3 is 2.81 bits per heavy atom. The number of carbonyl (C=O) groups excluding carboxylic acids is 1. The van der Waals surface area contributed by atoms with Gasteiger partial charge in [0, 0.05) is 45.3 Å². The second-order valence-electron chi connectivity index (χ2n) is 6.48. The Labute approximate surface area is 153 Å². The lowest BCUT2D eigenvalue weighted by molar-refractivity contribution is -0.120. The number of aromatic nitrogens is 2. The van der Waals surface area contributed by atoms with Crippen molar-refractivity contribution in [2.45, 2.75) is 12.8 Å². The van der Waals surface area contributed by atoms with Gasteiger partial charge in [0.2, 0.25) is 5.91 Å². The average molecular weight is 377 g/mol. The fourth-order valence-corrected chi connectivity index (χ4v) is 4.18. The summed E-state index contributed by atoms with van der Waals surface area (Å²) in [6.07, 6.45) is 4.85. The van der Waals surface area contributed by atoms with E-state index in [0.29, 0.717) is 25.1 Å². The highest BCUT2D eigenvalue weighted by Crippen LogP contribution is 2.22. The maximum atomic E-state index is 12.6. The molecular weight excluding hydrogens is 354 g/mol. The van der Waals surface area contributed by atoms with Crippen LogP contribution in [0.2, 0.25) is 0 Å². The summed E-state index contributed by atoms with van der Waals surface area (Å²) in [6.45, 7) is 0.643. The smallest absolute Gasteiger partial charge is 0.281 e. The summed E-state index contributed by atoms with van der Waals surface area (Å²) in [6, 6.07) is 9.21. The molecule has 140 valence electrons. The molecule has 0 bridgehead atoms. The second kappa shape index (κ2) is 7.56. The zero-order chi connectivity index (χ0) is 18.7. The van der Waals surface area contributed by atoms with E-state index in [1.807, 2.05) is 36.5 Å². The van der Waals surface area contributed by atoms with Gasteiger partial charge in [-0.1, -0.05) is 6.07 Å². The summed E-state index contributed by atoms with van der Waals surface area (Å²) in [7, 11) is -0.501. The van der Waals surface area contributed by atoms with Gasteiger partial charge in [0.05, 0.1) is 11.6 Å². The Kier molecular flexibility index (Phi) is 5.40. The number of benzene rings is 1. The van der Waals surface area contributed by atoms with Gasteiger partial charge in [-0.25, -0.2) is 4.68 Å². The number of hydrogen-bond acceptors (Lipinski definition) is 4. The molecule has 2 heterocycles. The fraction of sp³-hybridized carbons (Fsp3) is 0.412. The molecule has 1 N–H and O–H groups in total. The fourth-order valence-electron chi connectivity index (χ4n) is 2.99. The maximum Gasteiger partial charge on any atom is 0.281 e. The first kappa shape index (κ1) is 18.6. The molecule has 1 fully saturated rings. The molecule has 8 nitrogen and oxygen atoms in total. The third-order valence-electron chi connectivity index (χ3n) is 4.43. The SMILES string of the molecule is CN(C)S(=O)(=O)N1CCCC(C(=O)Nc2cccc(-n3cccn3)c2)C1. The number of rotatable bonds is 5. The van der Waals surface area contributed by atoms with E-state index in [1.54, 1.807) is 10.9 Å². The van der Waals surface area contributed by atoms with E-state index < -0.39 is 10.2 Å². The summed E-state index contributed by atoms with van der Waals surface area (Å²) < 4.78 is 28.9. The van der Waals surface area contributed by atoms with Gasteiger partial charge in [0.1, 0.15) is 0 Å². The molecular formula is C17H23N5O3S. The number of nitrogens with one attached hydrogen (secondary N) is 1. The Balaban J connectivity index is 1.69. The van der Waals surface area contributed by atoms with Crippen LogP contribution in [0.4, 0.5) is 5.69 Å². The van der Waals surface area contributed by atoms with Crippen LogP contribution < -0.4 is 5.32 Å². The summed E-state index contributed by atoms with van der Waals surface area (Å²) in [5, 5.41) is 7.08. The molecule has 1 aromatic heterocycles. The third kappa shape index (κ3) is 3.95. The largest absolute Gasteiger partial charge is 0.326 e. The standard InChI is InChI=1S/C17H23N5O3S/c1-20(2)26(24,25)21-10-4-6-14(13-21)17(23)19-15-7-3-8-16(12-15)22-11-5-9-18-22/h3,5,7-9,11-12,14H,4,6,10,13H2,1-2H3,(H,19,23). The predicted molar refractivity (Wildman–Crippen MR) is 99.1 cm³/mol. The molecule has 0 aliphatic carbocycles. The molecule has 0 saturated carbocycles. The normalized spacial score (nSPS) is 18.8. The van der Waals surface area contributed by atoms with E-state index in [2.05, 4.69) is 10.4 Å². The number of hydrogen-bond donors (Lipinski definition) is 1. The van der Waals surface area contributed by atoms with Crippen molar-refractivity contribution in [3.63, 3.8) is 0 Å². The first-order chi connectivity index (χ1) is 12.4. The van der Waals surface area contributed by atoms with E-state index >= 15 is 0 Å². The van der Waals surface area contributed by atoms with Crippen LogP contribution in [0.1, 0.15) is 12.8 Å². The Morgan fingerprint density at radius 2 is 2.12 bits per heavy atom. The minimum Gasteiger partial charge on any atom is -0.326 e. The molecule has 1 aliphatic rings. The molecule has 1 atom stereocenters. The van der Waals surface area contributed by atoms with Crippen LogP contribution in [-0.2, 0) is 15.0 Å². The lowest BCUT2D eigenvalue weighted by Crippen LogP contribution is -2.47. The summed E-state index contributed by atoms with van der Waals surface area (Å²) in [5.41, 5.74) is 1.50. The molecule has 1 unspecified atom stereocenters. The van der Waals surface area contributed by atoms with Gasteiger partial charge in [-0.15, -0.1) is 0 Å². The van der Waals surface area contributed by atoms with Gasteiger partial charge >= 0.3 is 0 Å². The third-order valence-corrected chi connectivity index (χ3v) is 6.33. The van der Waals surface area contributed by atoms with E-state index in [1.165, 1.54) is 22.7 Å². The zero-order valence-electron chi connectivity index (χ0n) is 14.9. The number of piperidine rings is 1. The Bertz CT molecular complexity index is 864. The highest BCUT2D eigenvalue weighted by molar-refractivity contribution is 7.86. The van der Waals surface area contributed by atoms with E-state index in [-0.39, 0.29) is 18.4 Å². The minimum absolute atomic E-state index is 0.165. The van der Waals surface area contributed by atoms with Gasteiger partial charge in [-0.3, -0.25) is 4.79 Å². The van der Waals surface area contributed by atoms with Crippen molar-refractivity contribution in [3.8, 4) is 5.69 Å². The van der Waals surface area contributed by atoms with Gasteiger partial charge in [0.15, 0.2) is 0 Å². The molecule has 0 spiro atoms. The van der Waals surface area contributed by atoms with E-state index in [0.717, 1.165) is 5.69 Å². The topological polar surface area (TPSA) is 87.5 Å². The molecule has 1 aromatic carbocycles. The minimum atomic E-state index is -3.50. The summed E-state index contributed by atoms with van der Waals surface area (Å²) in [4.78, 5) is 12.6. The van der Waals surface area contributed by atoms with Crippen LogP contribution in [0.25, 0.3) is 5.69 Å². The molecule has 3 rings (SSSR count). The second-order valence-corrected chi connectivity index (χ2v) is 8.62. The van der Waals surface area contributed by atoms with Crippen molar-refractivity contribution in [1.29, 1.82) is 0 Å². The van der Waals surface area contributed by atoms with Crippen LogP contribution in [0.3, 0.4) is 0 Å². The Morgan fingerprint density at radius 1 is 1.31 bits per heavy atom. The summed E-state index contributed by atoms with van der Waals surface area (Å²) in [5.74, 6) is -0.534. The monoisotopic (exact) mass is 377 g/mol. The highest BCUT2D eigenvalue weighted by atomic mass is 32.2. The van der Waals surface area contributed by atoms with E-state index in [9.17, 15) is 13.2 Å². The number of amides is 1. The van der Waals surface area contributed by atoms with Crippen molar-refractivity contribution in [1.82, 2.24) is 18.4 Å². The summed E-state index contributed by atoms with van der Waals surface area (Å²) >= 11 is 0. The zero-order valence-corrected chi connectivity index (χ0v) is 15.7. The van der Waals surface area contributed by atoms with Crippen LogP contribution in [0, 0.1) is 5.92 Å². The molecule has 1 amide bonds. The van der Waals surface area contributed by atoms with Crippen LogP contribution in [-0.4, -0.2) is 59.9 Å². The lowest BCUT2D eigenvalue weighted by atomic mass is 9.98. The molecule has 2 aromatic rings. The van der Waals surface area contributed by atoms with E-state index in [4.69, 9.17) is 0 Å². The van der Waals surface area contributed by atoms with Gasteiger partial charge in [-0.05, 0) is 37.1 Å². The first-order valence-corrected chi connectivity index (χ1v) is 9.86. The van der Waals surface area contributed by atoms with Crippen LogP contribution >= 0.6 is 0 Å². The van der Waals surface area contributed by atoms with Gasteiger partial charge < -0.3 is 5.32 Å². The van der Waals surface area contributed by atoms with Crippen molar-refractivity contribution in [2.24, 2.45) is 5.92 Å². The van der Waals surface area contributed by atoms with Crippen LogP contribution in [0.15, 0.2) is 42.7 Å². The first-order valence-electron chi connectivity index (χ1n) is 8.46. The number of carbonyl (C=O) groups is 1. The maximum absolute atomic E-state index is 12.6. The van der Waals surface area contributed by atoms with Crippen molar-refractivity contribution in [3.05, 3.63) is 42.7 Å². The van der Waals surface area contributed by atoms with Crippen molar-refractivity contribution in [2.75, 3.05) is 32.5 Å². The van der Waals surface area contributed by atoms with Crippen molar-refractivity contribution >= 4 is 21.8 Å². The number of anilines is 1. The molecule has 1 saturated heterocycles. The lowest BCUT2D eigenvalue weighted by Gasteiger charge is -2.32. The predicted octanol–water partition coefficient (Wildman–Crippen LogP) is 1.33. The molecule has 1 aliphatic heterocycles. The molecule has 0 radical (unpaired) electrons. The van der Waals surface area contributed by atoms with Crippen LogP contribution in [0.5, 0.6) is 0 Å². The van der Waals surface area contributed by atoms with Crippen molar-refractivity contribution < 1.29 is 13.2 Å². The van der Waals surface area contributed by atoms with Gasteiger partial charge in [-0.2, -0.15) is 22.1 Å². The van der Waals surface area contributed by atoms with Gasteiger partial charge in [0.25, 0.3) is 10.2 Å². The Hall–Kier alpha value is -2.23. The molecule has 9 heteroatoms. The molecule has 26 heavy (non-hydrogen) atoms. The highest BCUT2D eigenvalue weighted by Gasteiger charge is 2.33. The number of nitrogens with zero attached hydrogens (tertiary/aromatic N) is 4. The average Bonchev–Trinajstić information content (AvgIpc) is 3.16.